The Morgan fingerprint density at radius 1 is 1.03 bits per heavy atom. The molecule has 38 heavy (non-hydrogen) atoms. The predicted molar refractivity (Wildman–Crippen MR) is 139 cm³/mol. The number of piperidine rings is 1. The molecule has 2 aromatic heterocycles. The molecule has 1 aliphatic heterocycles. The van der Waals surface area contributed by atoms with Gasteiger partial charge in [-0.25, -0.2) is 18.7 Å². The van der Waals surface area contributed by atoms with Gasteiger partial charge in [-0.05, 0) is 80.7 Å². The van der Waals surface area contributed by atoms with E-state index in [1.807, 2.05) is 24.4 Å². The summed E-state index contributed by atoms with van der Waals surface area (Å²) in [5, 5.41) is 2.76. The van der Waals surface area contributed by atoms with Crippen LogP contribution in [0.5, 0.6) is 0 Å². The molecular formula is C28H28F2N6O2. The lowest BCUT2D eigenvalue weighted by Crippen LogP contribution is -2.33. The molecule has 0 unspecified atom stereocenters. The number of carbonyl (C=O) groups excluding carboxylic acids is 1. The van der Waals surface area contributed by atoms with Gasteiger partial charge in [0.25, 0.3) is 11.5 Å². The fraction of sp³-hybridized carbons (Fsp3) is 0.321. The van der Waals surface area contributed by atoms with Crippen LogP contribution in [0.15, 0.2) is 59.9 Å². The standard InChI is InChI=1S/C28H28F2N6O2/c1-35-8-6-18(7-9-35)10-21-14-32-25-5-3-19(12-26(25)34-21)13-33-27(37)22-15-31-17-36(28(22)38)16-20-2-4-23(29)24(30)11-20/h2-5,11-12,14-15,17-18H,6-10,13,16H2,1H3,(H,33,37). The Morgan fingerprint density at radius 2 is 1.82 bits per heavy atom. The maximum absolute atomic E-state index is 13.5. The Morgan fingerprint density at radius 3 is 2.61 bits per heavy atom. The summed E-state index contributed by atoms with van der Waals surface area (Å²) < 4.78 is 27.9. The van der Waals surface area contributed by atoms with Crippen molar-refractivity contribution in [2.24, 2.45) is 5.92 Å². The molecule has 4 aromatic rings. The molecule has 1 fully saturated rings. The summed E-state index contributed by atoms with van der Waals surface area (Å²) in [7, 11) is 2.15. The summed E-state index contributed by atoms with van der Waals surface area (Å²) in [5.74, 6) is -1.96. The smallest absolute Gasteiger partial charge is 0.266 e. The van der Waals surface area contributed by atoms with Crippen LogP contribution in [-0.4, -0.2) is 50.5 Å². The van der Waals surface area contributed by atoms with E-state index in [-0.39, 0.29) is 18.7 Å². The second-order valence-corrected chi connectivity index (χ2v) is 9.81. The van der Waals surface area contributed by atoms with Crippen LogP contribution in [0.25, 0.3) is 11.0 Å². The Bertz CT molecular complexity index is 1530. The minimum Gasteiger partial charge on any atom is -0.348 e. The van der Waals surface area contributed by atoms with Crippen molar-refractivity contribution in [1.82, 2.24) is 29.7 Å². The Hall–Kier alpha value is -4.05. The summed E-state index contributed by atoms with van der Waals surface area (Å²) in [6, 6.07) is 8.99. The quantitative estimate of drug-likeness (QED) is 0.404. The van der Waals surface area contributed by atoms with Crippen molar-refractivity contribution in [3.63, 3.8) is 0 Å². The number of aromatic nitrogens is 4. The lowest BCUT2D eigenvalue weighted by molar-refractivity contribution is 0.0948. The molecule has 2 aromatic carbocycles. The van der Waals surface area contributed by atoms with Crippen molar-refractivity contribution in [2.45, 2.75) is 32.4 Å². The zero-order chi connectivity index (χ0) is 26.6. The van der Waals surface area contributed by atoms with E-state index in [0.29, 0.717) is 11.5 Å². The molecule has 0 bridgehead atoms. The van der Waals surface area contributed by atoms with Gasteiger partial charge in [-0.1, -0.05) is 12.1 Å². The average molecular weight is 519 g/mol. The van der Waals surface area contributed by atoms with Gasteiger partial charge in [0.2, 0.25) is 0 Å². The van der Waals surface area contributed by atoms with E-state index in [4.69, 9.17) is 4.98 Å². The molecule has 0 atom stereocenters. The van der Waals surface area contributed by atoms with Crippen LogP contribution >= 0.6 is 0 Å². The summed E-state index contributed by atoms with van der Waals surface area (Å²) >= 11 is 0. The maximum atomic E-state index is 13.5. The number of rotatable bonds is 7. The second-order valence-electron chi connectivity index (χ2n) is 9.81. The normalized spacial score (nSPS) is 14.6. The van der Waals surface area contributed by atoms with Gasteiger partial charge in [0.15, 0.2) is 11.6 Å². The van der Waals surface area contributed by atoms with Gasteiger partial charge >= 0.3 is 0 Å². The van der Waals surface area contributed by atoms with Crippen molar-refractivity contribution >= 4 is 16.9 Å². The van der Waals surface area contributed by atoms with E-state index < -0.39 is 23.1 Å². The number of benzene rings is 2. The highest BCUT2D eigenvalue weighted by atomic mass is 19.2. The van der Waals surface area contributed by atoms with E-state index in [1.54, 1.807) is 0 Å². The minimum atomic E-state index is -1.01. The van der Waals surface area contributed by atoms with Crippen LogP contribution in [0.1, 0.15) is 40.0 Å². The van der Waals surface area contributed by atoms with Crippen LogP contribution in [0, 0.1) is 17.6 Å². The van der Waals surface area contributed by atoms with Gasteiger partial charge < -0.3 is 10.2 Å². The molecule has 5 rings (SSSR count). The zero-order valence-corrected chi connectivity index (χ0v) is 21.0. The fourth-order valence-corrected chi connectivity index (χ4v) is 4.70. The van der Waals surface area contributed by atoms with Crippen LogP contribution in [0.3, 0.4) is 0 Å². The van der Waals surface area contributed by atoms with Gasteiger partial charge in [0.1, 0.15) is 5.56 Å². The molecule has 1 aliphatic rings. The lowest BCUT2D eigenvalue weighted by atomic mass is 9.92. The lowest BCUT2D eigenvalue weighted by Gasteiger charge is -2.28. The molecule has 196 valence electrons. The molecule has 10 heteroatoms. The van der Waals surface area contributed by atoms with E-state index in [9.17, 15) is 18.4 Å². The molecule has 1 amide bonds. The molecule has 0 spiro atoms. The molecule has 0 aliphatic carbocycles. The number of nitrogens with one attached hydrogen (secondary N) is 1. The van der Waals surface area contributed by atoms with E-state index >= 15 is 0 Å². The maximum Gasteiger partial charge on any atom is 0.266 e. The van der Waals surface area contributed by atoms with Crippen LogP contribution in [0.4, 0.5) is 8.78 Å². The largest absolute Gasteiger partial charge is 0.348 e. The van der Waals surface area contributed by atoms with Gasteiger partial charge in [-0.3, -0.25) is 19.1 Å². The number of carbonyl (C=O) groups is 1. The van der Waals surface area contributed by atoms with Crippen molar-refractivity contribution in [3.8, 4) is 0 Å². The Kier molecular flexibility index (Phi) is 7.50. The Labute approximate surface area is 218 Å². The third-order valence-electron chi connectivity index (χ3n) is 6.93. The molecule has 1 N–H and O–H groups in total. The predicted octanol–water partition coefficient (Wildman–Crippen LogP) is 3.33. The number of hydrogen-bond donors (Lipinski definition) is 1. The molecule has 0 saturated carbocycles. The third-order valence-corrected chi connectivity index (χ3v) is 6.93. The minimum absolute atomic E-state index is 0.0482. The summed E-state index contributed by atoms with van der Waals surface area (Å²) in [6.45, 7) is 2.34. The van der Waals surface area contributed by atoms with Crippen molar-refractivity contribution in [2.75, 3.05) is 20.1 Å². The summed E-state index contributed by atoms with van der Waals surface area (Å²) in [6.07, 6.45) is 7.50. The SMILES string of the molecule is CN1CCC(Cc2cnc3ccc(CNC(=O)c4cncn(Cc5ccc(F)c(F)c5)c4=O)cc3n2)CC1. The number of nitrogens with zero attached hydrogens (tertiary/aromatic N) is 5. The van der Waals surface area contributed by atoms with Crippen LogP contribution in [-0.2, 0) is 19.5 Å². The highest BCUT2D eigenvalue weighted by Gasteiger charge is 2.18. The first-order valence-corrected chi connectivity index (χ1v) is 12.6. The van der Waals surface area contributed by atoms with Gasteiger partial charge in [-0.15, -0.1) is 0 Å². The monoisotopic (exact) mass is 518 g/mol. The summed E-state index contributed by atoms with van der Waals surface area (Å²) in [4.78, 5) is 41.3. The first-order chi connectivity index (χ1) is 18.4. The molecule has 3 heterocycles. The van der Waals surface area contributed by atoms with Crippen LogP contribution < -0.4 is 10.9 Å². The van der Waals surface area contributed by atoms with Gasteiger partial charge in [0, 0.05) is 18.9 Å². The summed E-state index contributed by atoms with van der Waals surface area (Å²) in [5.41, 5.74) is 2.98. The topological polar surface area (TPSA) is 93.0 Å². The number of likely N-dealkylation sites (tertiary alicyclic amines) is 1. The van der Waals surface area contributed by atoms with Gasteiger partial charge in [0.05, 0.1) is 29.6 Å². The molecule has 8 nitrogen and oxygen atoms in total. The van der Waals surface area contributed by atoms with Crippen molar-refractivity contribution in [1.29, 1.82) is 0 Å². The fourth-order valence-electron chi connectivity index (χ4n) is 4.70. The first kappa shape index (κ1) is 25.6. The van der Waals surface area contributed by atoms with E-state index in [2.05, 4.69) is 27.2 Å². The van der Waals surface area contributed by atoms with Crippen LogP contribution in [0.2, 0.25) is 0 Å². The number of halogens is 2. The molecule has 0 radical (unpaired) electrons. The molecular weight excluding hydrogens is 490 g/mol. The first-order valence-electron chi connectivity index (χ1n) is 12.6. The third kappa shape index (κ3) is 5.91. The van der Waals surface area contributed by atoms with Crippen molar-refractivity contribution < 1.29 is 13.6 Å². The zero-order valence-electron chi connectivity index (χ0n) is 21.0. The highest BCUT2D eigenvalue weighted by Crippen LogP contribution is 2.21. The van der Waals surface area contributed by atoms with Gasteiger partial charge in [-0.2, -0.15) is 0 Å². The number of hydrogen-bond acceptors (Lipinski definition) is 6. The second kappa shape index (κ2) is 11.1. The number of fused-ring (bicyclic) bond motifs is 1. The average Bonchev–Trinajstić information content (AvgIpc) is 2.91. The number of amides is 1. The van der Waals surface area contributed by atoms with E-state index in [1.165, 1.54) is 23.2 Å². The Balaban J connectivity index is 1.25. The van der Waals surface area contributed by atoms with E-state index in [0.717, 1.165) is 66.8 Å². The molecule has 1 saturated heterocycles. The van der Waals surface area contributed by atoms with Crippen molar-refractivity contribution in [3.05, 3.63) is 99.5 Å². The highest BCUT2D eigenvalue weighted by molar-refractivity contribution is 5.93.